The van der Waals surface area contributed by atoms with Gasteiger partial charge in [-0.2, -0.15) is 0 Å². The smallest absolute Gasteiger partial charge is 0.163 e. The minimum absolute atomic E-state index is 0.229. The number of carbonyl (C=O) groups is 1. The molecule has 0 aromatic heterocycles. The molecule has 1 aromatic rings. The van der Waals surface area contributed by atoms with Crippen molar-refractivity contribution in [3.8, 4) is 0 Å². The predicted octanol–water partition coefficient (Wildman–Crippen LogP) is 3.63. The first-order chi connectivity index (χ1) is 7.72. The lowest BCUT2D eigenvalue weighted by Gasteiger charge is -2.22. The van der Waals surface area contributed by atoms with Gasteiger partial charge in [-0.25, -0.2) is 0 Å². The van der Waals surface area contributed by atoms with E-state index in [1.54, 1.807) is 6.08 Å². The fraction of sp³-hybridized carbons (Fsp3) is 0.267. The molecular formula is C15H16O. The van der Waals surface area contributed by atoms with Gasteiger partial charge in [0.15, 0.2) is 5.78 Å². The maximum Gasteiger partial charge on any atom is 0.163 e. The summed E-state index contributed by atoms with van der Waals surface area (Å²) in [6.07, 6.45) is 3.32. The molecule has 0 amide bonds. The minimum atomic E-state index is 0.229. The number of ketones is 1. The van der Waals surface area contributed by atoms with Gasteiger partial charge < -0.3 is 0 Å². The lowest BCUT2D eigenvalue weighted by atomic mass is 9.81. The van der Waals surface area contributed by atoms with Crippen LogP contribution in [0.1, 0.15) is 25.3 Å². The lowest BCUT2D eigenvalue weighted by molar-refractivity contribution is -0.116. The second-order valence-electron chi connectivity index (χ2n) is 4.40. The molecule has 82 valence electrons. The second-order valence-corrected chi connectivity index (χ2v) is 4.40. The molecule has 1 aliphatic carbocycles. The van der Waals surface area contributed by atoms with E-state index < -0.39 is 0 Å². The number of benzene rings is 1. The number of allylic oxidation sites excluding steroid dienone is 3. The summed E-state index contributed by atoms with van der Waals surface area (Å²) in [5, 5.41) is 0. The molecule has 1 aromatic carbocycles. The number of hydrogen-bond donors (Lipinski definition) is 0. The summed E-state index contributed by atoms with van der Waals surface area (Å²) >= 11 is 0. The maximum absolute atomic E-state index is 11.9. The largest absolute Gasteiger partial charge is 0.294 e. The first-order valence-electron chi connectivity index (χ1n) is 5.66. The number of Topliss-reactive ketones (excluding diaryl/α,β-unsaturated/α-hetero) is 1. The number of rotatable bonds is 2. The number of hydrogen-bond acceptors (Lipinski definition) is 1. The van der Waals surface area contributed by atoms with Crippen LogP contribution in [-0.2, 0) is 4.79 Å². The van der Waals surface area contributed by atoms with Crippen LogP contribution in [0.3, 0.4) is 0 Å². The maximum atomic E-state index is 11.9. The van der Waals surface area contributed by atoms with E-state index in [4.69, 9.17) is 0 Å². The van der Waals surface area contributed by atoms with E-state index in [1.807, 2.05) is 18.2 Å². The van der Waals surface area contributed by atoms with E-state index in [2.05, 4.69) is 25.6 Å². The van der Waals surface area contributed by atoms with Crippen molar-refractivity contribution >= 4 is 11.4 Å². The van der Waals surface area contributed by atoms with Crippen LogP contribution in [0.5, 0.6) is 0 Å². The van der Waals surface area contributed by atoms with Crippen LogP contribution in [0.2, 0.25) is 0 Å². The standard InChI is InChI=1S/C15H16O/c1-3-13-14(9-11(2)10-15(13)16)12-7-5-4-6-8-12/h3-8,11H,1,9-10H2,2H3. The lowest BCUT2D eigenvalue weighted by Crippen LogP contribution is -2.15. The third-order valence-electron chi connectivity index (χ3n) is 3.04. The van der Waals surface area contributed by atoms with E-state index in [-0.39, 0.29) is 5.78 Å². The van der Waals surface area contributed by atoms with Gasteiger partial charge in [0.25, 0.3) is 0 Å². The van der Waals surface area contributed by atoms with Crippen LogP contribution in [0.25, 0.3) is 5.57 Å². The van der Waals surface area contributed by atoms with Gasteiger partial charge in [0, 0.05) is 12.0 Å². The second kappa shape index (κ2) is 4.48. The molecule has 0 saturated heterocycles. The molecule has 0 fully saturated rings. The Morgan fingerprint density at radius 3 is 2.56 bits per heavy atom. The number of carbonyl (C=O) groups excluding carboxylic acids is 1. The van der Waals surface area contributed by atoms with Crippen LogP contribution in [-0.4, -0.2) is 5.78 Å². The molecule has 16 heavy (non-hydrogen) atoms. The van der Waals surface area contributed by atoms with E-state index in [1.165, 1.54) is 0 Å². The molecule has 0 N–H and O–H groups in total. The van der Waals surface area contributed by atoms with Gasteiger partial charge in [0.2, 0.25) is 0 Å². The van der Waals surface area contributed by atoms with Crippen LogP contribution in [0, 0.1) is 5.92 Å². The molecule has 0 spiro atoms. The van der Waals surface area contributed by atoms with Crippen molar-refractivity contribution < 1.29 is 4.79 Å². The van der Waals surface area contributed by atoms with Crippen LogP contribution < -0.4 is 0 Å². The van der Waals surface area contributed by atoms with Gasteiger partial charge >= 0.3 is 0 Å². The highest BCUT2D eigenvalue weighted by Crippen LogP contribution is 2.33. The molecule has 1 aliphatic rings. The minimum Gasteiger partial charge on any atom is -0.294 e. The fourth-order valence-corrected chi connectivity index (χ4v) is 2.28. The first kappa shape index (κ1) is 10.9. The molecule has 0 bridgehead atoms. The molecule has 1 heteroatoms. The Labute approximate surface area is 96.5 Å². The van der Waals surface area contributed by atoms with Gasteiger partial charge in [0.05, 0.1) is 0 Å². The molecule has 2 rings (SSSR count). The normalized spacial score (nSPS) is 21.1. The van der Waals surface area contributed by atoms with Crippen LogP contribution in [0.4, 0.5) is 0 Å². The molecule has 0 saturated carbocycles. The summed E-state index contributed by atoms with van der Waals surface area (Å²) < 4.78 is 0. The van der Waals surface area contributed by atoms with E-state index in [0.717, 1.165) is 23.1 Å². The van der Waals surface area contributed by atoms with Gasteiger partial charge in [-0.15, -0.1) is 0 Å². The molecule has 1 unspecified atom stereocenters. The van der Waals surface area contributed by atoms with Crippen molar-refractivity contribution in [3.05, 3.63) is 54.1 Å². The van der Waals surface area contributed by atoms with E-state index >= 15 is 0 Å². The zero-order chi connectivity index (χ0) is 11.5. The van der Waals surface area contributed by atoms with Gasteiger partial charge in [-0.3, -0.25) is 4.79 Å². The van der Waals surface area contributed by atoms with Crippen molar-refractivity contribution in [2.45, 2.75) is 19.8 Å². The monoisotopic (exact) mass is 212 g/mol. The summed E-state index contributed by atoms with van der Waals surface area (Å²) in [6.45, 7) is 5.88. The zero-order valence-corrected chi connectivity index (χ0v) is 9.57. The zero-order valence-electron chi connectivity index (χ0n) is 9.57. The third kappa shape index (κ3) is 1.99. The summed E-state index contributed by atoms with van der Waals surface area (Å²) in [6, 6.07) is 10.1. The van der Waals surface area contributed by atoms with Gasteiger partial charge in [-0.05, 0) is 23.5 Å². The Morgan fingerprint density at radius 1 is 1.25 bits per heavy atom. The fourth-order valence-electron chi connectivity index (χ4n) is 2.28. The van der Waals surface area contributed by atoms with Crippen LogP contribution in [0.15, 0.2) is 48.6 Å². The molecule has 0 aliphatic heterocycles. The summed E-state index contributed by atoms with van der Waals surface area (Å²) in [5.74, 6) is 0.666. The van der Waals surface area contributed by atoms with Crippen molar-refractivity contribution in [2.24, 2.45) is 5.92 Å². The molecule has 0 radical (unpaired) electrons. The average molecular weight is 212 g/mol. The Kier molecular flexibility index (Phi) is 3.04. The van der Waals surface area contributed by atoms with Crippen molar-refractivity contribution in [2.75, 3.05) is 0 Å². The van der Waals surface area contributed by atoms with Gasteiger partial charge in [0.1, 0.15) is 0 Å². The first-order valence-corrected chi connectivity index (χ1v) is 5.66. The summed E-state index contributed by atoms with van der Waals surface area (Å²) in [4.78, 5) is 11.9. The Morgan fingerprint density at radius 2 is 1.94 bits per heavy atom. The highest BCUT2D eigenvalue weighted by Gasteiger charge is 2.23. The topological polar surface area (TPSA) is 17.1 Å². The van der Waals surface area contributed by atoms with Crippen LogP contribution >= 0.6 is 0 Å². The molecular weight excluding hydrogens is 196 g/mol. The Balaban J connectivity index is 2.50. The van der Waals surface area contributed by atoms with Crippen molar-refractivity contribution in [3.63, 3.8) is 0 Å². The SMILES string of the molecule is C=CC1=C(c2ccccc2)CC(C)CC1=O. The molecule has 0 heterocycles. The summed E-state index contributed by atoms with van der Waals surface area (Å²) in [5.41, 5.74) is 3.11. The quantitative estimate of drug-likeness (QED) is 0.731. The Bertz CT molecular complexity index is 440. The summed E-state index contributed by atoms with van der Waals surface area (Å²) in [7, 11) is 0. The van der Waals surface area contributed by atoms with E-state index in [0.29, 0.717) is 12.3 Å². The highest BCUT2D eigenvalue weighted by atomic mass is 16.1. The molecule has 1 nitrogen and oxygen atoms in total. The van der Waals surface area contributed by atoms with Gasteiger partial charge in [-0.1, -0.05) is 49.9 Å². The molecule has 1 atom stereocenters. The van der Waals surface area contributed by atoms with Crippen molar-refractivity contribution in [1.82, 2.24) is 0 Å². The predicted molar refractivity (Wildman–Crippen MR) is 67.0 cm³/mol. The van der Waals surface area contributed by atoms with E-state index in [9.17, 15) is 4.79 Å². The third-order valence-corrected chi connectivity index (χ3v) is 3.04. The highest BCUT2D eigenvalue weighted by molar-refractivity contribution is 6.06. The average Bonchev–Trinajstić information content (AvgIpc) is 2.29. The van der Waals surface area contributed by atoms with Crippen molar-refractivity contribution in [1.29, 1.82) is 0 Å². The Hall–Kier alpha value is -1.63.